The first-order valence-corrected chi connectivity index (χ1v) is 10.9. The normalized spacial score (nSPS) is 25.1. The van der Waals surface area contributed by atoms with Gasteiger partial charge in [-0.05, 0) is 47.5 Å². The minimum absolute atomic E-state index is 0.185. The third-order valence-corrected chi connectivity index (χ3v) is 7.14. The van der Waals surface area contributed by atoms with E-state index in [1.54, 1.807) is 11.3 Å². The first kappa shape index (κ1) is 18.3. The Morgan fingerprint density at radius 3 is 2.76 bits per heavy atom. The molecule has 2 aliphatic heterocycles. The monoisotopic (exact) mass is 405 g/mol. The summed E-state index contributed by atoms with van der Waals surface area (Å²) in [5.41, 5.74) is -0.219. The van der Waals surface area contributed by atoms with Gasteiger partial charge in [-0.1, -0.05) is 48.5 Å². The van der Waals surface area contributed by atoms with E-state index in [1.165, 1.54) is 9.78 Å². The van der Waals surface area contributed by atoms with Gasteiger partial charge in [-0.2, -0.15) is 0 Å². The van der Waals surface area contributed by atoms with Gasteiger partial charge < -0.3 is 5.32 Å². The number of hydrogen-bond acceptors (Lipinski definition) is 4. The number of carbonyl (C=O) groups excluding carboxylic acids is 2. The number of hydrogen-bond donors (Lipinski definition) is 1. The summed E-state index contributed by atoms with van der Waals surface area (Å²) in [5, 5.41) is 7.11. The van der Waals surface area contributed by atoms with E-state index in [2.05, 4.69) is 27.7 Å². The number of thiophene rings is 1. The molecule has 0 unspecified atom stereocenters. The predicted octanol–water partition coefficient (Wildman–Crippen LogP) is 4.46. The zero-order valence-electron chi connectivity index (χ0n) is 16.3. The van der Waals surface area contributed by atoms with Crippen molar-refractivity contribution < 1.29 is 9.59 Å². The smallest absolute Gasteiger partial charge is 0.319 e. The van der Waals surface area contributed by atoms with Crippen LogP contribution in [0.3, 0.4) is 0 Å². The highest BCUT2D eigenvalue weighted by Crippen LogP contribution is 2.37. The first-order chi connectivity index (χ1) is 14.1. The number of fused-ring (bicyclic) bond motifs is 1. The number of nitrogens with zero attached hydrogens (tertiary/aromatic N) is 2. The van der Waals surface area contributed by atoms with Crippen LogP contribution in [-0.4, -0.2) is 35.0 Å². The summed E-state index contributed by atoms with van der Waals surface area (Å²) in [6.45, 7) is 3.04. The molecule has 5 rings (SSSR count). The molecule has 2 atom stereocenters. The minimum Gasteiger partial charge on any atom is -0.319 e. The molecular weight excluding hydrogens is 382 g/mol. The number of imide groups is 1. The van der Waals surface area contributed by atoms with E-state index < -0.39 is 5.54 Å². The molecule has 0 aliphatic carbocycles. The number of carbonyl (C=O) groups is 2. The summed E-state index contributed by atoms with van der Waals surface area (Å²) >= 11 is 1.74. The molecule has 2 saturated heterocycles. The van der Waals surface area contributed by atoms with Gasteiger partial charge in [0, 0.05) is 17.5 Å². The van der Waals surface area contributed by atoms with Gasteiger partial charge >= 0.3 is 6.03 Å². The Morgan fingerprint density at radius 1 is 1.10 bits per heavy atom. The van der Waals surface area contributed by atoms with E-state index in [-0.39, 0.29) is 18.0 Å². The highest BCUT2D eigenvalue weighted by atomic mass is 32.1. The van der Waals surface area contributed by atoms with E-state index in [0.717, 1.165) is 35.7 Å². The van der Waals surface area contributed by atoms with E-state index in [1.807, 2.05) is 49.4 Å². The van der Waals surface area contributed by atoms with E-state index >= 15 is 0 Å². The molecule has 29 heavy (non-hydrogen) atoms. The van der Waals surface area contributed by atoms with Crippen LogP contribution < -0.4 is 5.32 Å². The van der Waals surface area contributed by atoms with Crippen LogP contribution in [0.15, 0.2) is 60.0 Å². The van der Waals surface area contributed by atoms with Gasteiger partial charge in [-0.25, -0.2) is 9.69 Å². The van der Waals surface area contributed by atoms with Crippen LogP contribution in [0.2, 0.25) is 0 Å². The lowest BCUT2D eigenvalue weighted by Crippen LogP contribution is -2.43. The average molecular weight is 406 g/mol. The Hall–Kier alpha value is -2.70. The quantitative estimate of drug-likeness (QED) is 0.652. The van der Waals surface area contributed by atoms with Gasteiger partial charge in [0.15, 0.2) is 0 Å². The molecule has 1 aromatic heterocycles. The summed E-state index contributed by atoms with van der Waals surface area (Å²) in [6.07, 6.45) is 2.14. The second kappa shape index (κ2) is 6.97. The largest absolute Gasteiger partial charge is 0.326 e. The third-order valence-electron chi connectivity index (χ3n) is 6.16. The maximum absolute atomic E-state index is 13.5. The third kappa shape index (κ3) is 2.94. The highest BCUT2D eigenvalue weighted by Gasteiger charge is 2.50. The van der Waals surface area contributed by atoms with Crippen molar-refractivity contribution in [2.75, 3.05) is 13.2 Å². The average Bonchev–Trinajstić information content (AvgIpc) is 3.45. The fourth-order valence-corrected chi connectivity index (χ4v) is 5.54. The summed E-state index contributed by atoms with van der Waals surface area (Å²) in [6, 6.07) is 18.0. The minimum atomic E-state index is -1.06. The summed E-state index contributed by atoms with van der Waals surface area (Å²) < 4.78 is 0. The van der Waals surface area contributed by atoms with Crippen molar-refractivity contribution in [1.82, 2.24) is 15.1 Å². The van der Waals surface area contributed by atoms with Crippen LogP contribution in [0.5, 0.6) is 0 Å². The van der Waals surface area contributed by atoms with Crippen molar-refractivity contribution in [2.45, 2.75) is 31.3 Å². The molecule has 0 saturated carbocycles. The standard InChI is InChI=1S/C23H23N3O2S/c1-23(18-10-4-8-16-7-2-3-9-17(16)18)21(27)26(22(28)24-23)15-25-13-5-11-19(25)20-12-6-14-29-20/h2-4,6-10,12,14,19H,5,11,13,15H2,1H3,(H,24,28)/t19-,23-/m0/s1. The van der Waals surface area contributed by atoms with Crippen LogP contribution in [-0.2, 0) is 10.3 Å². The maximum Gasteiger partial charge on any atom is 0.326 e. The van der Waals surface area contributed by atoms with Crippen LogP contribution in [0, 0.1) is 0 Å². The van der Waals surface area contributed by atoms with Crippen LogP contribution >= 0.6 is 11.3 Å². The molecule has 3 amide bonds. The van der Waals surface area contributed by atoms with Gasteiger partial charge in [0.1, 0.15) is 5.54 Å². The summed E-state index contributed by atoms with van der Waals surface area (Å²) in [7, 11) is 0. The molecule has 0 spiro atoms. The lowest BCUT2D eigenvalue weighted by Gasteiger charge is -2.28. The number of nitrogens with one attached hydrogen (secondary N) is 1. The Bertz CT molecular complexity index is 1080. The molecule has 148 valence electrons. The van der Waals surface area contributed by atoms with Crippen molar-refractivity contribution in [3.63, 3.8) is 0 Å². The van der Waals surface area contributed by atoms with Gasteiger partial charge in [-0.3, -0.25) is 9.69 Å². The predicted molar refractivity (Wildman–Crippen MR) is 115 cm³/mol. The number of urea groups is 1. The van der Waals surface area contributed by atoms with E-state index in [0.29, 0.717) is 6.67 Å². The van der Waals surface area contributed by atoms with Crippen molar-refractivity contribution in [3.8, 4) is 0 Å². The highest BCUT2D eigenvalue weighted by molar-refractivity contribution is 7.10. The van der Waals surface area contributed by atoms with Gasteiger partial charge in [0.05, 0.1) is 6.67 Å². The lowest BCUT2D eigenvalue weighted by molar-refractivity contribution is -0.132. The number of benzene rings is 2. The molecule has 2 aromatic carbocycles. The fraction of sp³-hybridized carbons (Fsp3) is 0.304. The number of amides is 3. The first-order valence-electron chi connectivity index (χ1n) is 9.98. The van der Waals surface area contributed by atoms with Crippen molar-refractivity contribution in [1.29, 1.82) is 0 Å². The lowest BCUT2D eigenvalue weighted by atomic mass is 9.88. The maximum atomic E-state index is 13.5. The molecule has 0 bridgehead atoms. The van der Waals surface area contributed by atoms with Crippen molar-refractivity contribution >= 4 is 34.0 Å². The second-order valence-electron chi connectivity index (χ2n) is 7.94. The molecule has 1 N–H and O–H groups in total. The summed E-state index contributed by atoms with van der Waals surface area (Å²) in [4.78, 5) is 31.3. The zero-order valence-corrected chi connectivity index (χ0v) is 17.1. The Labute approximate surface area is 173 Å². The molecule has 0 radical (unpaired) electrons. The van der Waals surface area contributed by atoms with Crippen molar-refractivity contribution in [2.24, 2.45) is 0 Å². The number of likely N-dealkylation sites (tertiary alicyclic amines) is 1. The van der Waals surface area contributed by atoms with E-state index in [9.17, 15) is 9.59 Å². The number of rotatable bonds is 4. The molecule has 6 heteroatoms. The fourth-order valence-electron chi connectivity index (χ4n) is 4.65. The molecule has 2 aliphatic rings. The summed E-state index contributed by atoms with van der Waals surface area (Å²) in [5.74, 6) is -0.185. The molecule has 3 heterocycles. The molecular formula is C23H23N3O2S. The zero-order chi connectivity index (χ0) is 20.0. The Balaban J connectivity index is 1.45. The molecule has 5 nitrogen and oxygen atoms in total. The van der Waals surface area contributed by atoms with Gasteiger partial charge in [0.25, 0.3) is 5.91 Å². The van der Waals surface area contributed by atoms with Crippen LogP contribution in [0.1, 0.15) is 36.2 Å². The van der Waals surface area contributed by atoms with E-state index in [4.69, 9.17) is 0 Å². The van der Waals surface area contributed by atoms with Crippen LogP contribution in [0.25, 0.3) is 10.8 Å². The molecule has 3 aromatic rings. The molecule has 2 fully saturated rings. The van der Waals surface area contributed by atoms with Gasteiger partial charge in [0.2, 0.25) is 0 Å². The van der Waals surface area contributed by atoms with Crippen molar-refractivity contribution in [3.05, 3.63) is 70.4 Å². The SMILES string of the molecule is C[C@@]1(c2cccc3ccccc23)NC(=O)N(CN2CCC[C@H]2c2cccs2)C1=O. The second-order valence-corrected chi connectivity index (χ2v) is 8.92. The van der Waals surface area contributed by atoms with Crippen LogP contribution in [0.4, 0.5) is 4.79 Å². The topological polar surface area (TPSA) is 52.7 Å². The Morgan fingerprint density at radius 2 is 1.93 bits per heavy atom. The Kier molecular flexibility index (Phi) is 4.41. The van der Waals surface area contributed by atoms with Gasteiger partial charge in [-0.15, -0.1) is 11.3 Å².